The highest BCUT2D eigenvalue weighted by Gasteiger charge is 2.22. The van der Waals surface area contributed by atoms with Crippen molar-refractivity contribution in [3.05, 3.63) is 70.2 Å². The van der Waals surface area contributed by atoms with E-state index in [1.165, 1.54) is 10.3 Å². The van der Waals surface area contributed by atoms with E-state index in [2.05, 4.69) is 48.2 Å². The van der Waals surface area contributed by atoms with E-state index in [9.17, 15) is 4.79 Å². The molecule has 2 aromatic carbocycles. The Bertz CT molecular complexity index is 1170. The van der Waals surface area contributed by atoms with Crippen LogP contribution in [0.15, 0.2) is 53.9 Å². The molecule has 0 N–H and O–H groups in total. The van der Waals surface area contributed by atoms with Crippen LogP contribution in [0.2, 0.25) is 0 Å². The van der Waals surface area contributed by atoms with Crippen molar-refractivity contribution in [2.75, 3.05) is 26.2 Å². The van der Waals surface area contributed by atoms with Crippen LogP contribution in [-0.4, -0.2) is 51.9 Å². The largest absolute Gasteiger partial charge is 0.340 e. The molecule has 3 heterocycles. The van der Waals surface area contributed by atoms with Crippen molar-refractivity contribution in [2.45, 2.75) is 19.9 Å². The molecular weight excluding hydrogens is 424 g/mol. The molecule has 1 aliphatic rings. The fourth-order valence-corrected chi connectivity index (χ4v) is 5.73. The molecule has 0 spiro atoms. The van der Waals surface area contributed by atoms with Crippen LogP contribution in [-0.2, 0) is 17.8 Å². The second-order valence-electron chi connectivity index (χ2n) is 7.92. The van der Waals surface area contributed by atoms with Gasteiger partial charge in [-0.05, 0) is 25.1 Å². The maximum absolute atomic E-state index is 12.8. The van der Waals surface area contributed by atoms with Crippen LogP contribution in [0.1, 0.15) is 16.3 Å². The first-order valence-corrected chi connectivity index (χ1v) is 12.2. The molecule has 5 nitrogen and oxygen atoms in total. The van der Waals surface area contributed by atoms with Crippen LogP contribution < -0.4 is 0 Å². The monoisotopic (exact) mass is 448 g/mol. The average molecular weight is 449 g/mol. The summed E-state index contributed by atoms with van der Waals surface area (Å²) in [7, 11) is 0. The van der Waals surface area contributed by atoms with Crippen molar-refractivity contribution < 1.29 is 4.79 Å². The number of carbonyl (C=O) groups is 1. The Kier molecular flexibility index (Phi) is 5.80. The zero-order chi connectivity index (χ0) is 21.2. The van der Waals surface area contributed by atoms with Gasteiger partial charge >= 0.3 is 0 Å². The van der Waals surface area contributed by atoms with E-state index in [-0.39, 0.29) is 5.91 Å². The Morgan fingerprint density at radius 1 is 1.03 bits per heavy atom. The van der Waals surface area contributed by atoms with Gasteiger partial charge < -0.3 is 4.90 Å². The van der Waals surface area contributed by atoms with Crippen molar-refractivity contribution in [1.29, 1.82) is 0 Å². The van der Waals surface area contributed by atoms with Gasteiger partial charge in [0.15, 0.2) is 0 Å². The molecule has 1 aliphatic heterocycles. The molecule has 4 aromatic rings. The SMILES string of the molecule is Cc1cccc(-c2nc(CC(=O)N3CCN(Cc4nc5ccccc5s4)CC3)cs2)c1. The molecule has 1 amide bonds. The van der Waals surface area contributed by atoms with Crippen molar-refractivity contribution in [1.82, 2.24) is 19.8 Å². The zero-order valence-electron chi connectivity index (χ0n) is 17.5. The second kappa shape index (κ2) is 8.86. The predicted octanol–water partition coefficient (Wildman–Crippen LogP) is 4.62. The highest BCUT2D eigenvalue weighted by atomic mass is 32.1. The standard InChI is InChI=1S/C24H24N4OS2/c1-17-5-4-6-18(13-17)24-25-19(16-30-24)14-23(29)28-11-9-27(10-12-28)15-22-26-20-7-2-3-8-21(20)31-22/h2-8,13,16H,9-12,14-15H2,1H3. The van der Waals surface area contributed by atoms with E-state index >= 15 is 0 Å². The molecule has 5 rings (SSSR count). The highest BCUT2D eigenvalue weighted by molar-refractivity contribution is 7.18. The Balaban J connectivity index is 1.15. The number of benzene rings is 2. The number of amides is 1. The van der Waals surface area contributed by atoms with Crippen LogP contribution in [0, 0.1) is 6.92 Å². The maximum atomic E-state index is 12.8. The topological polar surface area (TPSA) is 49.3 Å². The molecule has 2 aromatic heterocycles. The van der Waals surface area contributed by atoms with Crippen molar-refractivity contribution in [3.8, 4) is 10.6 Å². The van der Waals surface area contributed by atoms with E-state index in [1.807, 2.05) is 22.4 Å². The number of hydrogen-bond acceptors (Lipinski definition) is 6. The van der Waals surface area contributed by atoms with Crippen LogP contribution in [0.25, 0.3) is 20.8 Å². The minimum absolute atomic E-state index is 0.167. The number of rotatable bonds is 5. The number of aromatic nitrogens is 2. The van der Waals surface area contributed by atoms with Gasteiger partial charge in [0.05, 0.1) is 28.9 Å². The van der Waals surface area contributed by atoms with E-state index in [1.54, 1.807) is 22.7 Å². The Hall–Kier alpha value is -2.61. The van der Waals surface area contributed by atoms with Gasteiger partial charge in [-0.3, -0.25) is 9.69 Å². The van der Waals surface area contributed by atoms with E-state index in [0.717, 1.165) is 59.5 Å². The third-order valence-electron chi connectivity index (χ3n) is 5.57. The van der Waals surface area contributed by atoms with E-state index in [0.29, 0.717) is 6.42 Å². The molecule has 0 aliphatic carbocycles. The molecule has 0 atom stereocenters. The second-order valence-corrected chi connectivity index (χ2v) is 9.90. The summed E-state index contributed by atoms with van der Waals surface area (Å²) < 4.78 is 1.24. The van der Waals surface area contributed by atoms with Crippen molar-refractivity contribution in [3.63, 3.8) is 0 Å². The lowest BCUT2D eigenvalue weighted by atomic mass is 10.1. The van der Waals surface area contributed by atoms with Gasteiger partial charge in [0.1, 0.15) is 10.0 Å². The van der Waals surface area contributed by atoms with Gasteiger partial charge in [0.25, 0.3) is 0 Å². The lowest BCUT2D eigenvalue weighted by molar-refractivity contribution is -0.132. The smallest absolute Gasteiger partial charge is 0.228 e. The molecule has 31 heavy (non-hydrogen) atoms. The molecule has 0 bridgehead atoms. The number of nitrogens with zero attached hydrogens (tertiary/aromatic N) is 4. The molecule has 158 valence electrons. The van der Waals surface area contributed by atoms with Gasteiger partial charge in [-0.2, -0.15) is 0 Å². The summed E-state index contributed by atoms with van der Waals surface area (Å²) in [5.41, 5.74) is 4.27. The van der Waals surface area contributed by atoms with E-state index < -0.39 is 0 Å². The fourth-order valence-electron chi connectivity index (χ4n) is 3.90. The molecule has 7 heteroatoms. The maximum Gasteiger partial charge on any atom is 0.228 e. The van der Waals surface area contributed by atoms with Crippen LogP contribution in [0.5, 0.6) is 0 Å². The first-order chi connectivity index (χ1) is 15.1. The minimum atomic E-state index is 0.167. The summed E-state index contributed by atoms with van der Waals surface area (Å²) in [4.78, 5) is 26.6. The third kappa shape index (κ3) is 4.69. The normalized spacial score (nSPS) is 14.9. The van der Waals surface area contributed by atoms with Crippen LogP contribution in [0.4, 0.5) is 0 Å². The number of thiazole rings is 2. The zero-order valence-corrected chi connectivity index (χ0v) is 19.1. The minimum Gasteiger partial charge on any atom is -0.340 e. The lowest BCUT2D eigenvalue weighted by Gasteiger charge is -2.34. The predicted molar refractivity (Wildman–Crippen MR) is 127 cm³/mol. The summed E-state index contributed by atoms with van der Waals surface area (Å²) in [5, 5.41) is 4.14. The molecule has 0 radical (unpaired) electrons. The Morgan fingerprint density at radius 2 is 1.87 bits per heavy atom. The van der Waals surface area contributed by atoms with Gasteiger partial charge in [0, 0.05) is 37.1 Å². The number of hydrogen-bond donors (Lipinski definition) is 0. The van der Waals surface area contributed by atoms with Gasteiger partial charge in [0.2, 0.25) is 5.91 Å². The third-order valence-corrected chi connectivity index (χ3v) is 7.53. The summed E-state index contributed by atoms with van der Waals surface area (Å²) in [6.07, 6.45) is 0.375. The first-order valence-electron chi connectivity index (χ1n) is 10.5. The fraction of sp³-hybridized carbons (Fsp3) is 0.292. The molecule has 1 saturated heterocycles. The van der Waals surface area contributed by atoms with E-state index in [4.69, 9.17) is 9.97 Å². The number of para-hydroxylation sites is 1. The quantitative estimate of drug-likeness (QED) is 0.447. The lowest BCUT2D eigenvalue weighted by Crippen LogP contribution is -2.48. The summed E-state index contributed by atoms with van der Waals surface area (Å²) in [5.74, 6) is 0.167. The Labute approximate surface area is 190 Å². The number of fused-ring (bicyclic) bond motifs is 1. The Morgan fingerprint density at radius 3 is 2.68 bits per heavy atom. The number of piperazine rings is 1. The summed E-state index contributed by atoms with van der Waals surface area (Å²) in [6.45, 7) is 6.23. The number of aryl methyl sites for hydroxylation is 1. The van der Waals surface area contributed by atoms with Gasteiger partial charge in [-0.25, -0.2) is 9.97 Å². The van der Waals surface area contributed by atoms with Gasteiger partial charge in [-0.15, -0.1) is 22.7 Å². The average Bonchev–Trinajstić information content (AvgIpc) is 3.40. The van der Waals surface area contributed by atoms with Crippen LogP contribution in [0.3, 0.4) is 0 Å². The first kappa shape index (κ1) is 20.3. The number of carbonyl (C=O) groups excluding carboxylic acids is 1. The molecular formula is C24H24N4OS2. The molecule has 0 unspecified atom stereocenters. The van der Waals surface area contributed by atoms with Crippen molar-refractivity contribution >= 4 is 38.8 Å². The summed E-state index contributed by atoms with van der Waals surface area (Å²) in [6, 6.07) is 16.6. The molecule has 0 saturated carbocycles. The van der Waals surface area contributed by atoms with Crippen LogP contribution >= 0.6 is 22.7 Å². The highest BCUT2D eigenvalue weighted by Crippen LogP contribution is 2.25. The van der Waals surface area contributed by atoms with Gasteiger partial charge in [-0.1, -0.05) is 35.9 Å². The summed E-state index contributed by atoms with van der Waals surface area (Å²) >= 11 is 3.37. The molecule has 1 fully saturated rings. The van der Waals surface area contributed by atoms with Crippen molar-refractivity contribution in [2.24, 2.45) is 0 Å².